The average molecular weight is 607 g/mol. The van der Waals surface area contributed by atoms with Crippen LogP contribution < -0.4 is 15.4 Å². The molecule has 3 N–H and O–H groups in total. The van der Waals surface area contributed by atoms with Crippen molar-refractivity contribution in [1.82, 2.24) is 19.9 Å². The van der Waals surface area contributed by atoms with Gasteiger partial charge in [-0.1, -0.05) is 11.3 Å². The predicted molar refractivity (Wildman–Crippen MR) is 149 cm³/mol. The Labute approximate surface area is 240 Å². The Kier molecular flexibility index (Phi) is 6.44. The number of nitrogens with two attached hydrogens (primary N) is 1. The van der Waals surface area contributed by atoms with E-state index in [-0.39, 0.29) is 62.3 Å². The number of thiazole rings is 1. The van der Waals surface area contributed by atoms with Crippen LogP contribution >= 0.6 is 11.3 Å². The van der Waals surface area contributed by atoms with Crippen LogP contribution in [0.3, 0.4) is 0 Å². The Morgan fingerprint density at radius 1 is 1.07 bits per heavy atom. The molecule has 222 valence electrons. The Bertz CT molecular complexity index is 1700. The summed E-state index contributed by atoms with van der Waals surface area (Å²) in [6, 6.07) is 2.70. The molecule has 3 fully saturated rings. The third-order valence-corrected chi connectivity index (χ3v) is 9.61. The second-order valence-electron chi connectivity index (χ2n) is 11.3. The number of halogens is 5. The minimum Gasteiger partial charge on any atom is -0.461 e. The number of fused-ring (bicyclic) bond motifs is 3. The monoisotopic (exact) mass is 606 g/mol. The topological polar surface area (TPSA) is 101 Å². The van der Waals surface area contributed by atoms with Crippen molar-refractivity contribution >= 4 is 43.4 Å². The number of ether oxygens (including phenoxy) is 1. The van der Waals surface area contributed by atoms with Crippen LogP contribution in [0.15, 0.2) is 18.2 Å². The van der Waals surface area contributed by atoms with Crippen LogP contribution in [0.5, 0.6) is 6.01 Å². The Morgan fingerprint density at radius 3 is 2.52 bits per heavy atom. The van der Waals surface area contributed by atoms with Crippen LogP contribution in [-0.4, -0.2) is 69.4 Å². The molecule has 3 aliphatic rings. The van der Waals surface area contributed by atoms with Crippen LogP contribution in [0.1, 0.15) is 37.7 Å². The van der Waals surface area contributed by atoms with E-state index >= 15 is 4.39 Å². The van der Waals surface area contributed by atoms with Gasteiger partial charge in [-0.15, -0.1) is 0 Å². The first-order chi connectivity index (χ1) is 20.0. The van der Waals surface area contributed by atoms with E-state index in [9.17, 15) is 22.7 Å². The van der Waals surface area contributed by atoms with Crippen molar-refractivity contribution in [1.29, 1.82) is 0 Å². The Hall–Kier alpha value is -3.36. The van der Waals surface area contributed by atoms with Crippen LogP contribution in [0.2, 0.25) is 0 Å². The van der Waals surface area contributed by atoms with Gasteiger partial charge in [0.2, 0.25) is 0 Å². The van der Waals surface area contributed by atoms with Gasteiger partial charge in [-0.3, -0.25) is 4.90 Å². The van der Waals surface area contributed by atoms with Gasteiger partial charge in [-0.25, -0.2) is 13.8 Å². The van der Waals surface area contributed by atoms with Gasteiger partial charge in [-0.2, -0.15) is 23.1 Å². The number of nitrogen functional groups attached to an aromatic ring is 1. The summed E-state index contributed by atoms with van der Waals surface area (Å²) in [5.41, 5.74) is 2.71. The highest BCUT2D eigenvalue weighted by atomic mass is 32.1. The fourth-order valence-corrected chi connectivity index (χ4v) is 7.54. The molecule has 42 heavy (non-hydrogen) atoms. The first-order valence-corrected chi connectivity index (χ1v) is 14.6. The molecule has 2 aromatic heterocycles. The molecule has 4 aromatic rings. The lowest BCUT2D eigenvalue weighted by molar-refractivity contribution is -0.137. The maximum Gasteiger partial charge on any atom is 0.417 e. The van der Waals surface area contributed by atoms with Gasteiger partial charge >= 0.3 is 12.2 Å². The van der Waals surface area contributed by atoms with Crippen molar-refractivity contribution in [2.75, 3.05) is 43.4 Å². The molecule has 3 saturated heterocycles. The number of aliphatic hydroxyl groups excluding tert-OH is 1. The lowest BCUT2D eigenvalue weighted by atomic mass is 9.95. The van der Waals surface area contributed by atoms with E-state index in [1.54, 1.807) is 4.90 Å². The summed E-state index contributed by atoms with van der Waals surface area (Å²) in [7, 11) is 0. The molecule has 1 unspecified atom stereocenters. The van der Waals surface area contributed by atoms with Gasteiger partial charge in [0.25, 0.3) is 0 Å². The van der Waals surface area contributed by atoms with Gasteiger partial charge in [-0.05, 0) is 63.4 Å². The number of hydrogen-bond acceptors (Lipinski definition) is 9. The van der Waals surface area contributed by atoms with Crippen molar-refractivity contribution in [2.45, 2.75) is 49.9 Å². The van der Waals surface area contributed by atoms with Crippen molar-refractivity contribution in [3.05, 3.63) is 35.4 Å². The number of aromatic nitrogens is 3. The summed E-state index contributed by atoms with van der Waals surface area (Å²) in [5.74, 6) is -1.93. The molecule has 8 nitrogen and oxygen atoms in total. The number of rotatable bonds is 5. The summed E-state index contributed by atoms with van der Waals surface area (Å²) in [4.78, 5) is 16.8. The van der Waals surface area contributed by atoms with Gasteiger partial charge in [0.1, 0.15) is 23.8 Å². The minimum atomic E-state index is -4.99. The van der Waals surface area contributed by atoms with E-state index in [1.165, 1.54) is 0 Å². The molecular formula is C28H27F5N6O2S. The van der Waals surface area contributed by atoms with Gasteiger partial charge < -0.3 is 20.5 Å². The molecule has 0 saturated carbocycles. The molecule has 1 atom stereocenters. The maximum atomic E-state index is 16.6. The van der Waals surface area contributed by atoms with E-state index in [0.29, 0.717) is 13.0 Å². The average Bonchev–Trinajstić information content (AvgIpc) is 3.71. The quantitative estimate of drug-likeness (QED) is 0.293. The molecule has 0 radical (unpaired) electrons. The standard InChI is InChI=1S/C28H27F5N6O2S/c29-18-4-3-15(22-23(18)42-25(34)35-22)19-17(28(31,32)33)11-16-21(20(19)30)36-26(37-24(16)38-10-5-14(40)12-38)41-13-27-6-1-8-39(27)9-2-7-27/h3-4,11,14,40H,1-2,5-10,12-13H2,(H2,34,35). The fourth-order valence-electron chi connectivity index (χ4n) is 6.77. The number of anilines is 2. The Balaban J connectivity index is 1.44. The summed E-state index contributed by atoms with van der Waals surface area (Å²) in [6.07, 6.45) is -1.37. The summed E-state index contributed by atoms with van der Waals surface area (Å²) in [5, 5.41) is 9.96. The first-order valence-electron chi connectivity index (χ1n) is 13.8. The molecule has 5 heterocycles. The zero-order valence-electron chi connectivity index (χ0n) is 22.3. The minimum absolute atomic E-state index is 0.0526. The van der Waals surface area contributed by atoms with Crippen LogP contribution in [0.4, 0.5) is 32.9 Å². The van der Waals surface area contributed by atoms with E-state index in [2.05, 4.69) is 19.9 Å². The predicted octanol–water partition coefficient (Wildman–Crippen LogP) is 5.36. The van der Waals surface area contributed by atoms with Crippen LogP contribution in [0, 0.1) is 11.6 Å². The van der Waals surface area contributed by atoms with Crippen molar-refractivity contribution in [3.63, 3.8) is 0 Å². The van der Waals surface area contributed by atoms with Crippen molar-refractivity contribution < 1.29 is 31.8 Å². The van der Waals surface area contributed by atoms with Gasteiger partial charge in [0.05, 0.1) is 27.4 Å². The fraction of sp³-hybridized carbons (Fsp3) is 0.464. The summed E-state index contributed by atoms with van der Waals surface area (Å²) in [6.45, 7) is 2.62. The number of benzene rings is 2. The number of aliphatic hydroxyl groups is 1. The summed E-state index contributed by atoms with van der Waals surface area (Å²) >= 11 is 0.766. The largest absolute Gasteiger partial charge is 0.461 e. The second kappa shape index (κ2) is 9.85. The third-order valence-electron chi connectivity index (χ3n) is 8.72. The highest BCUT2D eigenvalue weighted by Gasteiger charge is 2.45. The maximum absolute atomic E-state index is 16.6. The number of alkyl halides is 3. The molecule has 3 aliphatic heterocycles. The SMILES string of the molecule is Nc1nc2c(-c3c(C(F)(F)F)cc4c(N5CCC(O)C5)nc(OCC56CCCN5CCC6)nc4c3F)ccc(F)c2s1. The van der Waals surface area contributed by atoms with Crippen molar-refractivity contribution in [2.24, 2.45) is 0 Å². The molecule has 0 aliphatic carbocycles. The van der Waals surface area contributed by atoms with E-state index in [0.717, 1.165) is 68.3 Å². The molecular weight excluding hydrogens is 579 g/mol. The van der Waals surface area contributed by atoms with E-state index in [4.69, 9.17) is 10.5 Å². The Morgan fingerprint density at radius 2 is 1.83 bits per heavy atom. The molecule has 2 aromatic carbocycles. The molecule has 0 amide bonds. The van der Waals surface area contributed by atoms with Gasteiger partial charge in [0, 0.05) is 29.6 Å². The van der Waals surface area contributed by atoms with Crippen LogP contribution in [0.25, 0.3) is 32.2 Å². The highest BCUT2D eigenvalue weighted by molar-refractivity contribution is 7.22. The first kappa shape index (κ1) is 27.5. The lowest BCUT2D eigenvalue weighted by Gasteiger charge is -2.31. The molecule has 14 heteroatoms. The van der Waals surface area contributed by atoms with Gasteiger partial charge in [0.15, 0.2) is 10.9 Å². The second-order valence-corrected chi connectivity index (χ2v) is 12.3. The van der Waals surface area contributed by atoms with E-state index < -0.39 is 35.0 Å². The number of hydrogen-bond donors (Lipinski definition) is 2. The lowest BCUT2D eigenvalue weighted by Crippen LogP contribution is -2.43. The summed E-state index contributed by atoms with van der Waals surface area (Å²) < 4.78 is 80.9. The smallest absolute Gasteiger partial charge is 0.417 e. The zero-order chi connectivity index (χ0) is 29.4. The third kappa shape index (κ3) is 4.42. The van der Waals surface area contributed by atoms with Crippen molar-refractivity contribution in [3.8, 4) is 17.1 Å². The highest BCUT2D eigenvalue weighted by Crippen LogP contribution is 2.46. The normalized spacial score (nSPS) is 20.7. The van der Waals surface area contributed by atoms with E-state index in [1.807, 2.05) is 0 Å². The zero-order valence-corrected chi connectivity index (χ0v) is 23.2. The molecule has 7 rings (SSSR count). The molecule has 0 spiro atoms. The molecule has 0 bridgehead atoms. The number of β-amino-alcohol motifs (C(OH)–C–C–N with tert-alkyl or cyclic N) is 1. The van der Waals surface area contributed by atoms with Crippen LogP contribution in [-0.2, 0) is 6.18 Å². The number of nitrogens with zero attached hydrogens (tertiary/aromatic N) is 5.